The second kappa shape index (κ2) is 4.62. The van der Waals surface area contributed by atoms with E-state index in [2.05, 4.69) is 16.8 Å². The van der Waals surface area contributed by atoms with Crippen molar-refractivity contribution in [3.05, 3.63) is 34.2 Å². The quantitative estimate of drug-likeness (QED) is 0.798. The largest absolute Gasteiger partial charge is 0.329 e. The third-order valence-corrected chi connectivity index (χ3v) is 3.13. The summed E-state index contributed by atoms with van der Waals surface area (Å²) in [6.07, 6.45) is 4.41. The van der Waals surface area contributed by atoms with Crippen LogP contribution in [0.3, 0.4) is 0 Å². The summed E-state index contributed by atoms with van der Waals surface area (Å²) >= 11 is 0. The first-order valence-electron chi connectivity index (χ1n) is 5.64. The maximum Gasteiger partial charge on any atom is 0.247 e. The van der Waals surface area contributed by atoms with Gasteiger partial charge in [0.2, 0.25) is 5.56 Å². The minimum absolute atomic E-state index is 0.0222. The average Bonchev–Trinajstić information content (AvgIpc) is 2.25. The number of hydrogen-bond acceptors (Lipinski definition) is 2. The predicted octanol–water partition coefficient (Wildman–Crippen LogP) is 1.61. The van der Waals surface area contributed by atoms with Gasteiger partial charge in [0.05, 0.1) is 0 Å². The Hall–Kier alpha value is -1.09. The number of rotatable bonds is 2. The highest BCUT2D eigenvalue weighted by atomic mass is 16.1. The van der Waals surface area contributed by atoms with Gasteiger partial charge in [-0.05, 0) is 37.4 Å². The Morgan fingerprint density at radius 1 is 1.40 bits per heavy atom. The highest BCUT2D eigenvalue weighted by Gasteiger charge is 2.15. The summed E-state index contributed by atoms with van der Waals surface area (Å²) in [5.74, 6) is 0.872. The normalized spacial score (nSPS) is 19.3. The number of likely N-dealkylation sites (tertiary alicyclic amines) is 1. The van der Waals surface area contributed by atoms with Gasteiger partial charge >= 0.3 is 0 Å². The molecular weight excluding hydrogens is 188 g/mol. The number of pyridine rings is 1. The van der Waals surface area contributed by atoms with Crippen LogP contribution < -0.4 is 5.56 Å². The zero-order valence-corrected chi connectivity index (χ0v) is 9.20. The highest BCUT2D eigenvalue weighted by molar-refractivity contribution is 5.08. The van der Waals surface area contributed by atoms with Crippen molar-refractivity contribution in [2.75, 3.05) is 13.1 Å². The van der Waals surface area contributed by atoms with Gasteiger partial charge in [0.25, 0.3) is 0 Å². The number of hydrogen-bond donors (Lipinski definition) is 1. The summed E-state index contributed by atoms with van der Waals surface area (Å²) in [4.78, 5) is 16.1. The molecule has 3 nitrogen and oxygen atoms in total. The van der Waals surface area contributed by atoms with Crippen molar-refractivity contribution in [2.24, 2.45) is 5.92 Å². The van der Waals surface area contributed by atoms with E-state index in [1.807, 2.05) is 12.3 Å². The van der Waals surface area contributed by atoms with Crippen molar-refractivity contribution < 1.29 is 0 Å². The predicted molar refractivity (Wildman–Crippen MR) is 60.7 cm³/mol. The van der Waals surface area contributed by atoms with Gasteiger partial charge in [-0.25, -0.2) is 0 Å². The van der Waals surface area contributed by atoms with Gasteiger partial charge < -0.3 is 4.98 Å². The second-order valence-electron chi connectivity index (χ2n) is 4.52. The molecule has 1 aromatic rings. The van der Waals surface area contributed by atoms with E-state index < -0.39 is 0 Å². The summed E-state index contributed by atoms with van der Waals surface area (Å²) < 4.78 is 0. The lowest BCUT2D eigenvalue weighted by atomic mass is 9.99. The molecule has 1 aliphatic heterocycles. The zero-order valence-electron chi connectivity index (χ0n) is 9.20. The van der Waals surface area contributed by atoms with E-state index >= 15 is 0 Å². The molecule has 1 aromatic heterocycles. The second-order valence-corrected chi connectivity index (χ2v) is 4.52. The summed E-state index contributed by atoms with van der Waals surface area (Å²) in [7, 11) is 0. The highest BCUT2D eigenvalue weighted by Crippen LogP contribution is 2.17. The number of piperidine rings is 1. The van der Waals surface area contributed by atoms with Crippen LogP contribution in [0.4, 0.5) is 0 Å². The maximum atomic E-state index is 10.9. The molecule has 0 aliphatic carbocycles. The SMILES string of the molecule is CC1CCN(Cc2ccc(=O)[nH]c2)CC1. The summed E-state index contributed by atoms with van der Waals surface area (Å²) in [6, 6.07) is 3.51. The third-order valence-electron chi connectivity index (χ3n) is 3.13. The molecule has 2 heterocycles. The molecule has 0 atom stereocenters. The van der Waals surface area contributed by atoms with Gasteiger partial charge in [-0.3, -0.25) is 9.69 Å². The fourth-order valence-electron chi connectivity index (χ4n) is 2.02. The number of aromatic nitrogens is 1. The Balaban J connectivity index is 1.92. The van der Waals surface area contributed by atoms with Gasteiger partial charge in [0.1, 0.15) is 0 Å². The number of H-pyrrole nitrogens is 1. The van der Waals surface area contributed by atoms with Gasteiger partial charge in [-0.1, -0.05) is 13.0 Å². The maximum absolute atomic E-state index is 10.9. The molecule has 2 rings (SSSR count). The minimum atomic E-state index is -0.0222. The standard InChI is InChI=1S/C12H18N2O/c1-10-4-6-14(7-5-10)9-11-2-3-12(15)13-8-11/h2-3,8,10H,4-7,9H2,1H3,(H,13,15). The first-order valence-corrected chi connectivity index (χ1v) is 5.64. The molecule has 0 saturated carbocycles. The summed E-state index contributed by atoms with van der Waals surface area (Å²) in [5.41, 5.74) is 1.18. The van der Waals surface area contributed by atoms with Gasteiger partial charge in [-0.2, -0.15) is 0 Å². The molecule has 0 radical (unpaired) electrons. The topological polar surface area (TPSA) is 36.1 Å². The van der Waals surface area contributed by atoms with Crippen molar-refractivity contribution in [1.82, 2.24) is 9.88 Å². The summed E-state index contributed by atoms with van der Waals surface area (Å²) in [6.45, 7) is 5.64. The molecule has 1 N–H and O–H groups in total. The van der Waals surface area contributed by atoms with Gasteiger partial charge in [0.15, 0.2) is 0 Å². The molecule has 0 aromatic carbocycles. The Labute approximate surface area is 90.1 Å². The van der Waals surface area contributed by atoms with E-state index in [1.165, 1.54) is 31.5 Å². The molecule has 0 spiro atoms. The molecular formula is C12H18N2O. The van der Waals surface area contributed by atoms with E-state index in [-0.39, 0.29) is 5.56 Å². The minimum Gasteiger partial charge on any atom is -0.329 e. The Bertz CT molecular complexity index is 344. The van der Waals surface area contributed by atoms with Crippen molar-refractivity contribution in [1.29, 1.82) is 0 Å². The third kappa shape index (κ3) is 2.93. The van der Waals surface area contributed by atoms with Crippen LogP contribution in [0.25, 0.3) is 0 Å². The first kappa shape index (κ1) is 10.4. The van der Waals surface area contributed by atoms with Crippen LogP contribution in [0.5, 0.6) is 0 Å². The van der Waals surface area contributed by atoms with Crippen LogP contribution >= 0.6 is 0 Å². The van der Waals surface area contributed by atoms with Crippen LogP contribution in [0, 0.1) is 5.92 Å². The van der Waals surface area contributed by atoms with Crippen molar-refractivity contribution in [3.8, 4) is 0 Å². The van der Waals surface area contributed by atoms with Crippen LogP contribution in [-0.2, 0) is 6.54 Å². The summed E-state index contributed by atoms with van der Waals surface area (Å²) in [5, 5.41) is 0. The van der Waals surface area contributed by atoms with Crippen molar-refractivity contribution in [3.63, 3.8) is 0 Å². The molecule has 82 valence electrons. The van der Waals surface area contributed by atoms with Crippen LogP contribution in [0.2, 0.25) is 0 Å². The van der Waals surface area contributed by atoms with E-state index in [9.17, 15) is 4.79 Å². The average molecular weight is 206 g/mol. The van der Waals surface area contributed by atoms with Crippen molar-refractivity contribution >= 4 is 0 Å². The lowest BCUT2D eigenvalue weighted by Crippen LogP contribution is -2.32. The van der Waals surface area contributed by atoms with Crippen LogP contribution in [0.15, 0.2) is 23.1 Å². The van der Waals surface area contributed by atoms with Crippen molar-refractivity contribution in [2.45, 2.75) is 26.3 Å². The van der Waals surface area contributed by atoms with Crippen LogP contribution in [0.1, 0.15) is 25.3 Å². The Morgan fingerprint density at radius 2 is 2.13 bits per heavy atom. The van der Waals surface area contributed by atoms with Gasteiger partial charge in [-0.15, -0.1) is 0 Å². The molecule has 0 unspecified atom stereocenters. The van der Waals surface area contributed by atoms with E-state index in [4.69, 9.17) is 0 Å². The number of nitrogens with one attached hydrogen (secondary N) is 1. The number of aromatic amines is 1. The van der Waals surface area contributed by atoms with E-state index in [1.54, 1.807) is 6.07 Å². The lowest BCUT2D eigenvalue weighted by molar-refractivity contribution is 0.185. The Morgan fingerprint density at radius 3 is 2.73 bits per heavy atom. The smallest absolute Gasteiger partial charge is 0.247 e. The zero-order chi connectivity index (χ0) is 10.7. The molecule has 3 heteroatoms. The van der Waals surface area contributed by atoms with E-state index in [0.29, 0.717) is 0 Å². The molecule has 15 heavy (non-hydrogen) atoms. The lowest BCUT2D eigenvalue weighted by Gasteiger charge is -2.30. The van der Waals surface area contributed by atoms with E-state index in [0.717, 1.165) is 12.5 Å². The fourth-order valence-corrected chi connectivity index (χ4v) is 2.02. The first-order chi connectivity index (χ1) is 7.24. The number of nitrogens with zero attached hydrogens (tertiary/aromatic N) is 1. The monoisotopic (exact) mass is 206 g/mol. The molecule has 1 saturated heterocycles. The molecule has 0 amide bonds. The molecule has 1 aliphatic rings. The fraction of sp³-hybridized carbons (Fsp3) is 0.583. The van der Waals surface area contributed by atoms with Crippen LogP contribution in [-0.4, -0.2) is 23.0 Å². The molecule has 1 fully saturated rings. The van der Waals surface area contributed by atoms with Gasteiger partial charge in [0, 0.05) is 18.8 Å². The molecule has 0 bridgehead atoms. The Kier molecular flexibility index (Phi) is 3.21.